The number of amides is 2. The summed E-state index contributed by atoms with van der Waals surface area (Å²) in [6.45, 7) is 7.85. The number of carboxylic acids is 1. The van der Waals surface area contributed by atoms with E-state index in [4.69, 9.17) is 5.11 Å². The van der Waals surface area contributed by atoms with Crippen molar-refractivity contribution >= 4 is 12.0 Å². The lowest BCUT2D eigenvalue weighted by Crippen LogP contribution is -2.47. The summed E-state index contributed by atoms with van der Waals surface area (Å²) < 4.78 is 0. The highest BCUT2D eigenvalue weighted by molar-refractivity contribution is 5.76. The normalized spacial score (nSPS) is 16.6. The van der Waals surface area contributed by atoms with Gasteiger partial charge in [-0.05, 0) is 32.6 Å². The maximum atomic E-state index is 12.4. The number of nitrogens with zero attached hydrogens (tertiary/aromatic N) is 2. The van der Waals surface area contributed by atoms with Gasteiger partial charge in [0, 0.05) is 26.2 Å². The molecule has 0 heterocycles. The van der Waals surface area contributed by atoms with Crippen LogP contribution in [-0.4, -0.2) is 53.1 Å². The average molecular weight is 270 g/mol. The number of hydrogen-bond acceptors (Lipinski definition) is 2. The van der Waals surface area contributed by atoms with Crippen LogP contribution >= 0.6 is 0 Å². The predicted molar refractivity (Wildman–Crippen MR) is 74.0 cm³/mol. The fourth-order valence-corrected chi connectivity index (χ4v) is 2.28. The van der Waals surface area contributed by atoms with Crippen LogP contribution in [0.5, 0.6) is 0 Å². The molecule has 1 rings (SSSR count). The van der Waals surface area contributed by atoms with E-state index in [0.29, 0.717) is 19.0 Å². The van der Waals surface area contributed by atoms with Crippen molar-refractivity contribution in [3.8, 4) is 0 Å². The summed E-state index contributed by atoms with van der Waals surface area (Å²) in [5.41, 5.74) is 0. The molecule has 1 unspecified atom stereocenters. The van der Waals surface area contributed by atoms with E-state index in [1.54, 1.807) is 11.8 Å². The summed E-state index contributed by atoms with van der Waals surface area (Å²) in [5, 5.41) is 8.95. The number of carbonyl (C=O) groups is 2. The van der Waals surface area contributed by atoms with Gasteiger partial charge >= 0.3 is 12.0 Å². The molecule has 1 atom stereocenters. The van der Waals surface area contributed by atoms with E-state index in [-0.39, 0.29) is 12.6 Å². The van der Waals surface area contributed by atoms with Crippen molar-refractivity contribution in [2.24, 2.45) is 11.8 Å². The Balaban J connectivity index is 2.55. The van der Waals surface area contributed by atoms with Gasteiger partial charge in [0.2, 0.25) is 0 Å². The smallest absolute Gasteiger partial charge is 0.320 e. The highest BCUT2D eigenvalue weighted by Gasteiger charge is 2.26. The van der Waals surface area contributed by atoms with Gasteiger partial charge in [-0.1, -0.05) is 13.3 Å². The Labute approximate surface area is 115 Å². The third-order valence-corrected chi connectivity index (χ3v) is 3.92. The van der Waals surface area contributed by atoms with Crippen molar-refractivity contribution in [1.82, 2.24) is 9.80 Å². The third-order valence-electron chi connectivity index (χ3n) is 3.92. The molecule has 2 amide bonds. The molecular formula is C14H26N2O3. The Kier molecular flexibility index (Phi) is 6.12. The van der Waals surface area contributed by atoms with Crippen molar-refractivity contribution in [3.05, 3.63) is 0 Å². The molecule has 1 aliphatic carbocycles. The van der Waals surface area contributed by atoms with Crippen LogP contribution in [0.4, 0.5) is 4.79 Å². The fraction of sp³-hybridized carbons (Fsp3) is 0.857. The van der Waals surface area contributed by atoms with E-state index < -0.39 is 11.9 Å². The Morgan fingerprint density at radius 3 is 2.16 bits per heavy atom. The van der Waals surface area contributed by atoms with Crippen molar-refractivity contribution in [2.45, 2.75) is 40.0 Å². The lowest BCUT2D eigenvalue weighted by molar-refractivity contribution is -0.141. The van der Waals surface area contributed by atoms with E-state index >= 15 is 0 Å². The molecule has 5 heteroatoms. The Hall–Kier alpha value is -1.26. The molecule has 110 valence electrons. The number of carboxylic acid groups (broad SMARTS) is 1. The molecule has 1 fully saturated rings. The summed E-state index contributed by atoms with van der Waals surface area (Å²) >= 11 is 0. The summed E-state index contributed by atoms with van der Waals surface area (Å²) in [4.78, 5) is 26.8. The molecule has 1 saturated carbocycles. The Morgan fingerprint density at radius 2 is 1.79 bits per heavy atom. The molecule has 0 radical (unpaired) electrons. The first-order valence-corrected chi connectivity index (χ1v) is 7.26. The maximum Gasteiger partial charge on any atom is 0.320 e. The van der Waals surface area contributed by atoms with Crippen molar-refractivity contribution in [1.29, 1.82) is 0 Å². The second-order valence-corrected chi connectivity index (χ2v) is 5.40. The number of aliphatic carboxylic acids is 1. The summed E-state index contributed by atoms with van der Waals surface area (Å²) in [7, 11) is 0. The quantitative estimate of drug-likeness (QED) is 0.772. The first-order valence-electron chi connectivity index (χ1n) is 7.26. The van der Waals surface area contributed by atoms with E-state index in [1.165, 1.54) is 19.3 Å². The topological polar surface area (TPSA) is 60.9 Å². The van der Waals surface area contributed by atoms with Crippen LogP contribution in [0.15, 0.2) is 0 Å². The summed E-state index contributed by atoms with van der Waals surface area (Å²) in [6.07, 6.45) is 3.69. The number of hydrogen-bond donors (Lipinski definition) is 1. The van der Waals surface area contributed by atoms with Crippen LogP contribution in [-0.2, 0) is 4.79 Å². The lowest BCUT2D eigenvalue weighted by atomic mass is 9.85. The number of carbonyl (C=O) groups excluding carboxylic acids is 1. The van der Waals surface area contributed by atoms with Crippen LogP contribution in [0, 0.1) is 11.8 Å². The maximum absolute atomic E-state index is 12.4. The molecule has 0 aromatic carbocycles. The first kappa shape index (κ1) is 15.8. The van der Waals surface area contributed by atoms with Crippen LogP contribution < -0.4 is 0 Å². The van der Waals surface area contributed by atoms with Crippen LogP contribution in [0.1, 0.15) is 40.0 Å². The molecule has 5 nitrogen and oxygen atoms in total. The second kappa shape index (κ2) is 7.36. The molecule has 0 aromatic heterocycles. The highest BCUT2D eigenvalue weighted by Crippen LogP contribution is 2.27. The van der Waals surface area contributed by atoms with Gasteiger partial charge in [0.25, 0.3) is 0 Å². The molecule has 0 saturated heterocycles. The van der Waals surface area contributed by atoms with Crippen molar-refractivity contribution < 1.29 is 14.7 Å². The zero-order valence-corrected chi connectivity index (χ0v) is 12.3. The molecule has 0 aromatic rings. The molecule has 0 spiro atoms. The van der Waals surface area contributed by atoms with Crippen LogP contribution in [0.3, 0.4) is 0 Å². The molecule has 1 aliphatic rings. The first-order chi connectivity index (χ1) is 8.99. The predicted octanol–water partition coefficient (Wildman–Crippen LogP) is 2.27. The largest absolute Gasteiger partial charge is 0.481 e. The van der Waals surface area contributed by atoms with E-state index in [9.17, 15) is 9.59 Å². The minimum absolute atomic E-state index is 0.0231. The van der Waals surface area contributed by atoms with Gasteiger partial charge in [0.05, 0.1) is 5.92 Å². The van der Waals surface area contributed by atoms with Crippen molar-refractivity contribution in [3.63, 3.8) is 0 Å². The minimum Gasteiger partial charge on any atom is -0.481 e. The fourth-order valence-electron chi connectivity index (χ4n) is 2.28. The minimum atomic E-state index is -0.853. The monoisotopic (exact) mass is 270 g/mol. The van der Waals surface area contributed by atoms with Gasteiger partial charge in [-0.15, -0.1) is 0 Å². The highest BCUT2D eigenvalue weighted by atomic mass is 16.4. The molecule has 19 heavy (non-hydrogen) atoms. The van der Waals surface area contributed by atoms with Gasteiger partial charge in [0.1, 0.15) is 0 Å². The van der Waals surface area contributed by atoms with Gasteiger partial charge in [-0.2, -0.15) is 0 Å². The summed E-state index contributed by atoms with van der Waals surface area (Å²) in [5.74, 6) is -0.737. The van der Waals surface area contributed by atoms with Crippen LogP contribution in [0.25, 0.3) is 0 Å². The molecular weight excluding hydrogens is 244 g/mol. The van der Waals surface area contributed by atoms with Crippen LogP contribution in [0.2, 0.25) is 0 Å². The average Bonchev–Trinajstić information content (AvgIpc) is 2.33. The SMILES string of the molecule is CCN(CC1CCC1)C(=O)N(CC)CC(C)C(=O)O. The van der Waals surface area contributed by atoms with Gasteiger partial charge in [0.15, 0.2) is 0 Å². The van der Waals surface area contributed by atoms with E-state index in [2.05, 4.69) is 0 Å². The van der Waals surface area contributed by atoms with Gasteiger partial charge in [-0.25, -0.2) is 4.79 Å². The zero-order chi connectivity index (χ0) is 14.4. The van der Waals surface area contributed by atoms with Gasteiger partial charge in [-0.3, -0.25) is 4.79 Å². The summed E-state index contributed by atoms with van der Waals surface area (Å²) in [6, 6.07) is -0.0231. The molecule has 0 aliphatic heterocycles. The van der Waals surface area contributed by atoms with E-state index in [1.807, 2.05) is 18.7 Å². The lowest BCUT2D eigenvalue weighted by Gasteiger charge is -2.35. The van der Waals surface area contributed by atoms with E-state index in [0.717, 1.165) is 6.54 Å². The van der Waals surface area contributed by atoms with Gasteiger partial charge < -0.3 is 14.9 Å². The zero-order valence-electron chi connectivity index (χ0n) is 12.3. The Morgan fingerprint density at radius 1 is 1.21 bits per heavy atom. The second-order valence-electron chi connectivity index (χ2n) is 5.40. The molecule has 0 bridgehead atoms. The van der Waals surface area contributed by atoms with Crippen molar-refractivity contribution in [2.75, 3.05) is 26.2 Å². The standard InChI is InChI=1S/C14H26N2O3/c1-4-15(9-11(3)13(17)18)14(19)16(5-2)10-12-7-6-8-12/h11-12H,4-10H2,1-3H3,(H,17,18). The third kappa shape index (κ3) is 4.40. The molecule has 1 N–H and O–H groups in total. The Bertz CT molecular complexity index is 316. The number of urea groups is 1. The number of rotatable bonds is 7.